The van der Waals surface area contributed by atoms with Crippen LogP contribution >= 0.6 is 15.9 Å². The number of urea groups is 1. The number of alkyl halides is 3. The molecule has 0 bridgehead atoms. The highest BCUT2D eigenvalue weighted by Gasteiger charge is 2.32. The first-order valence-electron chi connectivity index (χ1n) is 5.44. The van der Waals surface area contributed by atoms with Gasteiger partial charge in [0.25, 0.3) is 0 Å². The fourth-order valence-corrected chi connectivity index (χ4v) is 1.67. The van der Waals surface area contributed by atoms with Crippen molar-refractivity contribution in [2.75, 3.05) is 5.32 Å². The molecule has 0 heterocycles. The third-order valence-electron chi connectivity index (χ3n) is 2.13. The molecule has 3 N–H and O–H groups in total. The topological polar surface area (TPSA) is 87.7 Å². The average Bonchev–Trinajstić information content (AvgIpc) is 2.30. The second-order valence-corrected chi connectivity index (χ2v) is 4.71. The number of amides is 2. The Hall–Kier alpha value is -1.97. The maximum Gasteiger partial charge on any atom is 0.573 e. The summed E-state index contributed by atoms with van der Waals surface area (Å²) in [7, 11) is 0. The van der Waals surface area contributed by atoms with E-state index in [0.29, 0.717) is 0 Å². The van der Waals surface area contributed by atoms with E-state index < -0.39 is 30.2 Å². The van der Waals surface area contributed by atoms with E-state index in [1.807, 2.05) is 0 Å². The Kier molecular flexibility index (Phi) is 5.41. The van der Waals surface area contributed by atoms with Crippen LogP contribution in [-0.2, 0) is 4.79 Å². The molecule has 0 radical (unpaired) electrons. The molecule has 1 aromatic rings. The minimum Gasteiger partial charge on any atom is -0.480 e. The molecule has 0 aliphatic carbocycles. The predicted octanol–water partition coefficient (Wildman–Crippen LogP) is 2.94. The van der Waals surface area contributed by atoms with Crippen LogP contribution in [0.4, 0.5) is 23.7 Å². The quantitative estimate of drug-likeness (QED) is 0.760. The number of rotatable bonds is 4. The summed E-state index contributed by atoms with van der Waals surface area (Å²) >= 11 is 2.87. The highest BCUT2D eigenvalue weighted by molar-refractivity contribution is 9.10. The first kappa shape index (κ1) is 17.1. The maximum absolute atomic E-state index is 12.1. The molecule has 1 rings (SSSR count). The summed E-state index contributed by atoms with van der Waals surface area (Å²) in [4.78, 5) is 22.0. The average molecular weight is 371 g/mol. The lowest BCUT2D eigenvalue weighted by Crippen LogP contribution is -2.40. The summed E-state index contributed by atoms with van der Waals surface area (Å²) in [5.74, 6) is -1.69. The smallest absolute Gasteiger partial charge is 0.480 e. The number of benzene rings is 1. The molecule has 0 saturated carbocycles. The van der Waals surface area contributed by atoms with Crippen molar-refractivity contribution in [1.29, 1.82) is 0 Å². The van der Waals surface area contributed by atoms with Gasteiger partial charge in [-0.05, 0) is 41.1 Å². The van der Waals surface area contributed by atoms with Gasteiger partial charge in [0.2, 0.25) is 0 Å². The molecule has 116 valence electrons. The summed E-state index contributed by atoms with van der Waals surface area (Å²) in [5.41, 5.74) is 0.159. The molecule has 21 heavy (non-hydrogen) atoms. The van der Waals surface area contributed by atoms with Gasteiger partial charge in [0, 0.05) is 5.69 Å². The van der Waals surface area contributed by atoms with Gasteiger partial charge in [-0.3, -0.25) is 4.79 Å². The molecule has 1 aromatic carbocycles. The first-order chi connectivity index (χ1) is 9.58. The number of aliphatic carboxylic acids is 1. The second kappa shape index (κ2) is 6.66. The van der Waals surface area contributed by atoms with Gasteiger partial charge in [0.1, 0.15) is 11.8 Å². The van der Waals surface area contributed by atoms with Crippen molar-refractivity contribution in [1.82, 2.24) is 5.32 Å². The second-order valence-electron chi connectivity index (χ2n) is 3.85. The van der Waals surface area contributed by atoms with E-state index in [1.165, 1.54) is 19.1 Å². The van der Waals surface area contributed by atoms with Crippen LogP contribution in [0.5, 0.6) is 5.75 Å². The Morgan fingerprint density at radius 2 is 2.00 bits per heavy atom. The number of anilines is 1. The summed E-state index contributed by atoms with van der Waals surface area (Å²) in [6.45, 7) is 1.26. The van der Waals surface area contributed by atoms with Crippen molar-refractivity contribution in [2.45, 2.75) is 19.3 Å². The number of halogens is 4. The molecule has 10 heteroatoms. The van der Waals surface area contributed by atoms with Gasteiger partial charge in [-0.15, -0.1) is 13.2 Å². The minimum absolute atomic E-state index is 0.0242. The lowest BCUT2D eigenvalue weighted by atomic mass is 10.3. The molecular weight excluding hydrogens is 361 g/mol. The van der Waals surface area contributed by atoms with E-state index in [2.05, 4.69) is 31.3 Å². The van der Waals surface area contributed by atoms with Crippen LogP contribution in [0.2, 0.25) is 0 Å². The highest BCUT2D eigenvalue weighted by atomic mass is 79.9. The monoisotopic (exact) mass is 370 g/mol. The van der Waals surface area contributed by atoms with Crippen molar-refractivity contribution in [3.8, 4) is 5.75 Å². The third kappa shape index (κ3) is 5.90. The van der Waals surface area contributed by atoms with Gasteiger partial charge in [0.05, 0.1) is 4.47 Å². The van der Waals surface area contributed by atoms with Crippen LogP contribution in [-0.4, -0.2) is 29.5 Å². The van der Waals surface area contributed by atoms with Gasteiger partial charge < -0.3 is 20.5 Å². The van der Waals surface area contributed by atoms with E-state index >= 15 is 0 Å². The zero-order valence-corrected chi connectivity index (χ0v) is 12.1. The lowest BCUT2D eigenvalue weighted by molar-refractivity contribution is -0.274. The summed E-state index contributed by atoms with van der Waals surface area (Å²) in [5, 5.41) is 13.0. The van der Waals surface area contributed by atoms with Crippen molar-refractivity contribution < 1.29 is 32.6 Å². The fraction of sp³-hybridized carbons (Fsp3) is 0.273. The van der Waals surface area contributed by atoms with Crippen molar-refractivity contribution in [2.24, 2.45) is 0 Å². The van der Waals surface area contributed by atoms with Gasteiger partial charge in [-0.25, -0.2) is 4.79 Å². The van der Waals surface area contributed by atoms with Gasteiger partial charge in [-0.1, -0.05) is 0 Å². The molecule has 0 spiro atoms. The third-order valence-corrected chi connectivity index (χ3v) is 2.75. The minimum atomic E-state index is -4.83. The molecule has 6 nitrogen and oxygen atoms in total. The predicted molar refractivity (Wildman–Crippen MR) is 70.1 cm³/mol. The Labute approximate surface area is 125 Å². The molecule has 0 aromatic heterocycles. The van der Waals surface area contributed by atoms with Crippen molar-refractivity contribution in [3.05, 3.63) is 22.7 Å². The standard InChI is InChI=1S/C11H10BrF3N2O4/c1-5(9(18)19)16-10(20)17-6-2-3-8(7(12)4-6)21-11(13,14)15/h2-5H,1H3,(H,18,19)(H2,16,17,20)/t5-/m0/s1. The molecular formula is C11H10BrF3N2O4. The van der Waals surface area contributed by atoms with Crippen LogP contribution < -0.4 is 15.4 Å². The molecule has 0 aliphatic rings. The van der Waals surface area contributed by atoms with Crippen molar-refractivity contribution >= 4 is 33.6 Å². The number of ether oxygens (including phenoxy) is 1. The molecule has 0 aliphatic heterocycles. The Morgan fingerprint density at radius 3 is 2.48 bits per heavy atom. The number of carboxylic acids is 1. The molecule has 2 amide bonds. The van der Waals surface area contributed by atoms with Gasteiger partial charge in [0.15, 0.2) is 0 Å². The Bertz CT molecular complexity index is 551. The van der Waals surface area contributed by atoms with Crippen LogP contribution in [0.3, 0.4) is 0 Å². The largest absolute Gasteiger partial charge is 0.573 e. The number of nitrogens with one attached hydrogen (secondary N) is 2. The van der Waals surface area contributed by atoms with Gasteiger partial charge in [-0.2, -0.15) is 0 Å². The van der Waals surface area contributed by atoms with Crippen LogP contribution in [0.15, 0.2) is 22.7 Å². The fourth-order valence-electron chi connectivity index (χ4n) is 1.21. The van der Waals surface area contributed by atoms with Crippen LogP contribution in [0, 0.1) is 0 Å². The van der Waals surface area contributed by atoms with Crippen LogP contribution in [0.25, 0.3) is 0 Å². The maximum atomic E-state index is 12.1. The number of hydrogen-bond donors (Lipinski definition) is 3. The van der Waals surface area contributed by atoms with Crippen molar-refractivity contribution in [3.63, 3.8) is 0 Å². The lowest BCUT2D eigenvalue weighted by Gasteiger charge is -2.13. The zero-order chi connectivity index (χ0) is 16.2. The SMILES string of the molecule is C[C@H](NC(=O)Nc1ccc(OC(F)(F)F)c(Br)c1)C(=O)O. The summed E-state index contributed by atoms with van der Waals surface area (Å²) in [6.07, 6.45) is -4.83. The van der Waals surface area contributed by atoms with Gasteiger partial charge >= 0.3 is 18.4 Å². The number of hydrogen-bond acceptors (Lipinski definition) is 3. The zero-order valence-electron chi connectivity index (χ0n) is 10.5. The summed E-state index contributed by atoms with van der Waals surface area (Å²) < 4.78 is 39.9. The van der Waals surface area contributed by atoms with E-state index in [0.717, 1.165) is 6.07 Å². The molecule has 0 unspecified atom stereocenters. The van der Waals surface area contributed by atoms with E-state index in [4.69, 9.17) is 5.11 Å². The van der Waals surface area contributed by atoms with E-state index in [9.17, 15) is 22.8 Å². The van der Waals surface area contributed by atoms with E-state index in [-0.39, 0.29) is 10.2 Å². The Morgan fingerprint density at radius 1 is 1.38 bits per heavy atom. The van der Waals surface area contributed by atoms with Crippen LogP contribution in [0.1, 0.15) is 6.92 Å². The number of carbonyl (C=O) groups excluding carboxylic acids is 1. The molecule has 0 saturated heterocycles. The highest BCUT2D eigenvalue weighted by Crippen LogP contribution is 2.32. The normalized spacial score (nSPS) is 12.4. The van der Waals surface area contributed by atoms with E-state index in [1.54, 1.807) is 0 Å². The number of carboxylic acid groups (broad SMARTS) is 1. The first-order valence-corrected chi connectivity index (χ1v) is 6.23. The molecule has 0 fully saturated rings. The Balaban J connectivity index is 2.72. The summed E-state index contributed by atoms with van der Waals surface area (Å²) in [6, 6.07) is 1.46. The number of carbonyl (C=O) groups is 2. The molecule has 1 atom stereocenters.